The zero-order chi connectivity index (χ0) is 23.2. The number of hydrogen-bond acceptors (Lipinski definition) is 3. The van der Waals surface area contributed by atoms with Crippen molar-refractivity contribution in [2.24, 2.45) is 0 Å². The third kappa shape index (κ3) is 6.43. The van der Waals surface area contributed by atoms with E-state index in [-0.39, 0.29) is 18.4 Å². The van der Waals surface area contributed by atoms with Gasteiger partial charge in [0.25, 0.3) is 0 Å². The summed E-state index contributed by atoms with van der Waals surface area (Å²) in [6, 6.07) is 34.3. The Balaban J connectivity index is 0.00000289. The lowest BCUT2D eigenvalue weighted by atomic mass is 9.96. The number of fused-ring (bicyclic) bond motifs is 1. The van der Waals surface area contributed by atoms with Crippen molar-refractivity contribution in [2.75, 3.05) is 39.3 Å². The van der Waals surface area contributed by atoms with Gasteiger partial charge in [-0.05, 0) is 39.6 Å². The second-order valence-corrected chi connectivity index (χ2v) is 9.37. The highest BCUT2D eigenvalue weighted by Gasteiger charge is 2.26. The van der Waals surface area contributed by atoms with Crippen molar-refractivity contribution < 1.29 is 4.74 Å². The topological polar surface area (TPSA) is 15.7 Å². The van der Waals surface area contributed by atoms with Crippen molar-refractivity contribution >= 4 is 34.8 Å². The lowest BCUT2D eigenvalue weighted by molar-refractivity contribution is 0.0611. The Morgan fingerprint density at radius 3 is 2.14 bits per heavy atom. The van der Waals surface area contributed by atoms with Crippen molar-refractivity contribution in [1.82, 2.24) is 9.80 Å². The van der Waals surface area contributed by atoms with E-state index in [9.17, 15) is 0 Å². The predicted octanol–water partition coefficient (Wildman–Crippen LogP) is 6.84. The monoisotopic (exact) mass is 506 g/mol. The molecule has 5 rings (SSSR count). The van der Waals surface area contributed by atoms with E-state index in [2.05, 4.69) is 94.7 Å². The minimum atomic E-state index is 0. The van der Waals surface area contributed by atoms with Crippen LogP contribution in [0.1, 0.15) is 22.7 Å². The number of rotatable bonds is 8. The van der Waals surface area contributed by atoms with E-state index in [0.29, 0.717) is 6.61 Å². The van der Waals surface area contributed by atoms with Crippen LogP contribution in [0.2, 0.25) is 5.02 Å². The fourth-order valence-electron chi connectivity index (χ4n) is 4.93. The normalized spacial score (nSPS) is 15.6. The van der Waals surface area contributed by atoms with E-state index < -0.39 is 0 Å². The first kappa shape index (κ1) is 25.7. The van der Waals surface area contributed by atoms with Crippen molar-refractivity contribution in [3.63, 3.8) is 0 Å². The van der Waals surface area contributed by atoms with Gasteiger partial charge in [0.05, 0.1) is 19.3 Å². The molecule has 1 aliphatic heterocycles. The Morgan fingerprint density at radius 2 is 1.37 bits per heavy atom. The number of halogens is 2. The van der Waals surface area contributed by atoms with E-state index in [4.69, 9.17) is 16.3 Å². The molecule has 1 fully saturated rings. The van der Waals surface area contributed by atoms with Gasteiger partial charge in [-0.25, -0.2) is 0 Å². The highest BCUT2D eigenvalue weighted by atomic mass is 35.5. The maximum Gasteiger partial charge on any atom is 0.0723 e. The van der Waals surface area contributed by atoms with Crippen LogP contribution in [0.5, 0.6) is 0 Å². The zero-order valence-electron chi connectivity index (χ0n) is 19.9. The molecule has 4 aromatic carbocycles. The maximum atomic E-state index is 6.16. The molecule has 4 aromatic rings. The summed E-state index contributed by atoms with van der Waals surface area (Å²) < 4.78 is 6.09. The van der Waals surface area contributed by atoms with Crippen LogP contribution in [0.3, 0.4) is 0 Å². The maximum absolute atomic E-state index is 6.16. The van der Waals surface area contributed by atoms with Gasteiger partial charge in [0.2, 0.25) is 0 Å². The number of ether oxygens (including phenoxy) is 1. The SMILES string of the molecule is Cl.Clc1ccc(C(c2ccccc2)N2CCN(CCOCc3cccc4ccccc34)CC2)cc1. The van der Waals surface area contributed by atoms with Crippen LogP contribution in [0.25, 0.3) is 10.8 Å². The molecule has 1 unspecified atom stereocenters. The van der Waals surface area contributed by atoms with E-state index in [0.717, 1.165) is 44.4 Å². The van der Waals surface area contributed by atoms with Crippen LogP contribution in [-0.2, 0) is 11.3 Å². The van der Waals surface area contributed by atoms with Crippen molar-refractivity contribution in [3.05, 3.63) is 119 Å². The summed E-state index contributed by atoms with van der Waals surface area (Å²) in [5.41, 5.74) is 3.88. The average Bonchev–Trinajstić information content (AvgIpc) is 2.89. The molecule has 0 amide bonds. The quantitative estimate of drug-likeness (QED) is 0.243. The summed E-state index contributed by atoms with van der Waals surface area (Å²) in [4.78, 5) is 5.11. The van der Waals surface area contributed by atoms with Gasteiger partial charge in [0.15, 0.2) is 0 Å². The molecule has 0 radical (unpaired) electrons. The molecule has 1 saturated heterocycles. The van der Waals surface area contributed by atoms with Gasteiger partial charge in [-0.2, -0.15) is 0 Å². The fourth-order valence-corrected chi connectivity index (χ4v) is 5.06. The summed E-state index contributed by atoms with van der Waals surface area (Å²) in [5.74, 6) is 0. The minimum absolute atomic E-state index is 0. The number of hydrogen-bond donors (Lipinski definition) is 0. The van der Waals surface area contributed by atoms with Gasteiger partial charge in [-0.1, -0.05) is 96.5 Å². The molecular formula is C30H32Cl2N2O. The Morgan fingerprint density at radius 1 is 0.714 bits per heavy atom. The molecule has 0 saturated carbocycles. The lowest BCUT2D eigenvalue weighted by Crippen LogP contribution is -2.48. The van der Waals surface area contributed by atoms with E-state index in [1.165, 1.54) is 27.5 Å². The molecule has 1 atom stereocenters. The molecule has 35 heavy (non-hydrogen) atoms. The first-order valence-electron chi connectivity index (χ1n) is 12.1. The molecule has 0 spiro atoms. The number of nitrogens with zero attached hydrogens (tertiary/aromatic N) is 2. The highest BCUT2D eigenvalue weighted by molar-refractivity contribution is 6.30. The third-order valence-corrected chi connectivity index (χ3v) is 7.01. The fraction of sp³-hybridized carbons (Fsp3) is 0.267. The van der Waals surface area contributed by atoms with Gasteiger partial charge in [-0.15, -0.1) is 12.4 Å². The van der Waals surface area contributed by atoms with Crippen molar-refractivity contribution in [1.29, 1.82) is 0 Å². The number of piperazine rings is 1. The highest BCUT2D eigenvalue weighted by Crippen LogP contribution is 2.30. The number of benzene rings is 4. The third-order valence-electron chi connectivity index (χ3n) is 6.76. The van der Waals surface area contributed by atoms with Gasteiger partial charge < -0.3 is 4.74 Å². The lowest BCUT2D eigenvalue weighted by Gasteiger charge is -2.39. The molecule has 0 bridgehead atoms. The smallest absolute Gasteiger partial charge is 0.0723 e. The van der Waals surface area contributed by atoms with E-state index >= 15 is 0 Å². The molecule has 0 aromatic heterocycles. The molecule has 1 heterocycles. The Bertz CT molecular complexity index is 1190. The Kier molecular flexibility index (Phi) is 9.19. The van der Waals surface area contributed by atoms with Crippen LogP contribution in [0, 0.1) is 0 Å². The van der Waals surface area contributed by atoms with Gasteiger partial charge in [0, 0.05) is 37.7 Å². The summed E-state index contributed by atoms with van der Waals surface area (Å²) in [6.07, 6.45) is 0. The van der Waals surface area contributed by atoms with Crippen LogP contribution in [0.15, 0.2) is 97.1 Å². The predicted molar refractivity (Wildman–Crippen MR) is 149 cm³/mol. The minimum Gasteiger partial charge on any atom is -0.375 e. The zero-order valence-corrected chi connectivity index (χ0v) is 21.4. The van der Waals surface area contributed by atoms with E-state index in [1.807, 2.05) is 12.1 Å². The average molecular weight is 508 g/mol. The van der Waals surface area contributed by atoms with Gasteiger partial charge in [-0.3, -0.25) is 9.80 Å². The van der Waals surface area contributed by atoms with Crippen molar-refractivity contribution in [2.45, 2.75) is 12.6 Å². The van der Waals surface area contributed by atoms with Crippen molar-refractivity contribution in [3.8, 4) is 0 Å². The molecule has 3 nitrogen and oxygen atoms in total. The molecule has 182 valence electrons. The second-order valence-electron chi connectivity index (χ2n) is 8.93. The van der Waals surface area contributed by atoms with Crippen LogP contribution >= 0.6 is 24.0 Å². The van der Waals surface area contributed by atoms with Crippen LogP contribution in [-0.4, -0.2) is 49.1 Å². The molecular weight excluding hydrogens is 475 g/mol. The Labute approximate surface area is 219 Å². The summed E-state index contributed by atoms with van der Waals surface area (Å²) in [5, 5.41) is 3.34. The Hall–Kier alpha value is -2.40. The second kappa shape index (κ2) is 12.5. The summed E-state index contributed by atoms with van der Waals surface area (Å²) in [6.45, 7) is 6.55. The summed E-state index contributed by atoms with van der Waals surface area (Å²) >= 11 is 6.16. The van der Waals surface area contributed by atoms with Gasteiger partial charge in [0.1, 0.15) is 0 Å². The van der Waals surface area contributed by atoms with Gasteiger partial charge >= 0.3 is 0 Å². The first-order chi connectivity index (χ1) is 16.8. The van der Waals surface area contributed by atoms with E-state index in [1.54, 1.807) is 0 Å². The molecule has 0 N–H and O–H groups in total. The largest absolute Gasteiger partial charge is 0.375 e. The summed E-state index contributed by atoms with van der Waals surface area (Å²) in [7, 11) is 0. The molecule has 5 heteroatoms. The molecule has 1 aliphatic rings. The molecule has 0 aliphatic carbocycles. The van der Waals surface area contributed by atoms with Crippen LogP contribution in [0.4, 0.5) is 0 Å². The van der Waals surface area contributed by atoms with Crippen LogP contribution < -0.4 is 0 Å². The standard InChI is InChI=1S/C30H31ClN2O.ClH/c31-28-15-13-26(14-16-28)30(25-8-2-1-3-9-25)33-19-17-32(18-20-33)21-22-34-23-27-11-6-10-24-7-4-5-12-29(24)27;/h1-16,30H,17-23H2;1H. The first-order valence-corrected chi connectivity index (χ1v) is 12.5.